The Kier molecular flexibility index (Phi) is 7.23. The van der Waals surface area contributed by atoms with Gasteiger partial charge in [0.25, 0.3) is 0 Å². The van der Waals surface area contributed by atoms with E-state index in [1.165, 1.54) is 0 Å². The maximum atomic E-state index is 8.66. The third kappa shape index (κ3) is 5.68. The van der Waals surface area contributed by atoms with Gasteiger partial charge in [-0.1, -0.05) is 109 Å². The second kappa shape index (κ2) is 11.2. The van der Waals surface area contributed by atoms with Crippen molar-refractivity contribution in [3.8, 4) is 22.6 Å². The lowest BCUT2D eigenvalue weighted by Crippen LogP contribution is -2.23. The molecule has 1 heterocycles. The van der Waals surface area contributed by atoms with Crippen LogP contribution in [0.1, 0.15) is 22.3 Å². The minimum Gasteiger partial charge on any atom is -0.456 e. The van der Waals surface area contributed by atoms with E-state index >= 15 is 0 Å². The van der Waals surface area contributed by atoms with Gasteiger partial charge in [-0.05, 0) is 23.3 Å². The average Bonchev–Trinajstić information content (AvgIpc) is 3.46. The minimum absolute atomic E-state index is 0.338. The van der Waals surface area contributed by atoms with Crippen molar-refractivity contribution in [1.82, 2.24) is 10.6 Å². The Hall–Kier alpha value is -4.90. The normalized spacial score (nSPS) is 10.6. The van der Waals surface area contributed by atoms with Crippen LogP contribution in [0.2, 0.25) is 0 Å². The van der Waals surface area contributed by atoms with E-state index in [2.05, 4.69) is 10.6 Å². The highest BCUT2D eigenvalue weighted by Crippen LogP contribution is 2.32. The summed E-state index contributed by atoms with van der Waals surface area (Å²) in [6.07, 6.45) is 0. The lowest BCUT2D eigenvalue weighted by molar-refractivity contribution is 0.597. The van der Waals surface area contributed by atoms with Gasteiger partial charge in [-0.25, -0.2) is 0 Å². The molecular weight excluding hydrogens is 456 g/mol. The average molecular weight is 485 g/mol. The third-order valence-electron chi connectivity index (χ3n) is 6.15. The van der Waals surface area contributed by atoms with E-state index < -0.39 is 0 Å². The molecule has 5 nitrogen and oxygen atoms in total. The van der Waals surface area contributed by atoms with Gasteiger partial charge in [-0.15, -0.1) is 0 Å². The number of hydrogen-bond acceptors (Lipinski definition) is 3. The molecule has 1 aromatic heterocycles. The zero-order valence-corrected chi connectivity index (χ0v) is 20.4. The van der Waals surface area contributed by atoms with Gasteiger partial charge in [-0.3, -0.25) is 10.8 Å². The largest absolute Gasteiger partial charge is 0.456 e. The molecule has 4 N–H and O–H groups in total. The summed E-state index contributed by atoms with van der Waals surface area (Å²) in [6.45, 7) is 1.14. The fourth-order valence-corrected chi connectivity index (χ4v) is 4.22. The summed E-state index contributed by atoms with van der Waals surface area (Å²) in [5, 5.41) is 23.8. The first kappa shape index (κ1) is 23.8. The van der Waals surface area contributed by atoms with Crippen LogP contribution in [0.15, 0.2) is 126 Å². The molecule has 4 aromatic carbocycles. The fourth-order valence-electron chi connectivity index (χ4n) is 4.22. The maximum absolute atomic E-state index is 8.66. The maximum Gasteiger partial charge on any atom is 0.135 e. The highest BCUT2D eigenvalue weighted by molar-refractivity contribution is 6.03. The van der Waals surface area contributed by atoms with E-state index in [1.807, 2.05) is 121 Å². The molecule has 0 bridgehead atoms. The number of nitrogens with one attached hydrogen (secondary N) is 4. The monoisotopic (exact) mass is 484 g/mol. The first-order chi connectivity index (χ1) is 18.2. The zero-order valence-electron chi connectivity index (χ0n) is 20.4. The van der Waals surface area contributed by atoms with Gasteiger partial charge in [0.2, 0.25) is 0 Å². The molecule has 0 saturated heterocycles. The Bertz CT molecular complexity index is 1390. The lowest BCUT2D eigenvalue weighted by Gasteiger charge is -2.12. The van der Waals surface area contributed by atoms with Crippen molar-refractivity contribution in [2.75, 3.05) is 0 Å². The van der Waals surface area contributed by atoms with Crippen molar-refractivity contribution in [3.05, 3.63) is 144 Å². The van der Waals surface area contributed by atoms with E-state index in [4.69, 9.17) is 15.2 Å². The third-order valence-corrected chi connectivity index (χ3v) is 6.15. The van der Waals surface area contributed by atoms with Crippen molar-refractivity contribution in [2.24, 2.45) is 0 Å². The molecule has 0 unspecified atom stereocenters. The van der Waals surface area contributed by atoms with E-state index in [-0.39, 0.29) is 0 Å². The standard InChI is InChI=1S/C32H28N4O/c33-31(35-21-23-11-3-1-4-12-23)27-17-9-7-15-25(27)29-19-20-30(37-29)26-16-8-10-18-28(26)32(34)36-22-24-13-5-2-6-14-24/h1-20H,21-22H2,(H2,33,35)(H2,34,36). The number of furan rings is 1. The van der Waals surface area contributed by atoms with Crippen LogP contribution < -0.4 is 10.6 Å². The van der Waals surface area contributed by atoms with Gasteiger partial charge in [0.05, 0.1) is 0 Å². The summed E-state index contributed by atoms with van der Waals surface area (Å²) in [4.78, 5) is 0. The second-order valence-electron chi connectivity index (χ2n) is 8.68. The van der Waals surface area contributed by atoms with Gasteiger partial charge in [0, 0.05) is 35.3 Å². The van der Waals surface area contributed by atoms with Crippen LogP contribution in [0, 0.1) is 10.8 Å². The van der Waals surface area contributed by atoms with Gasteiger partial charge >= 0.3 is 0 Å². The molecule has 5 aromatic rings. The summed E-state index contributed by atoms with van der Waals surface area (Å²) >= 11 is 0. The van der Waals surface area contributed by atoms with Gasteiger partial charge in [-0.2, -0.15) is 0 Å². The van der Waals surface area contributed by atoms with E-state index in [1.54, 1.807) is 0 Å². The van der Waals surface area contributed by atoms with Crippen LogP contribution in [-0.4, -0.2) is 11.7 Å². The zero-order chi connectivity index (χ0) is 25.5. The first-order valence-electron chi connectivity index (χ1n) is 12.2. The number of hydrogen-bond donors (Lipinski definition) is 4. The number of benzene rings is 4. The van der Waals surface area contributed by atoms with Crippen molar-refractivity contribution in [1.29, 1.82) is 10.8 Å². The van der Waals surface area contributed by atoms with Crippen LogP contribution in [0.4, 0.5) is 0 Å². The van der Waals surface area contributed by atoms with Crippen molar-refractivity contribution >= 4 is 11.7 Å². The van der Waals surface area contributed by atoms with E-state index in [9.17, 15) is 0 Å². The summed E-state index contributed by atoms with van der Waals surface area (Å²) in [5.41, 5.74) is 5.45. The molecule has 5 heteroatoms. The fraction of sp³-hybridized carbons (Fsp3) is 0.0625. The van der Waals surface area contributed by atoms with Crippen LogP contribution in [-0.2, 0) is 13.1 Å². The van der Waals surface area contributed by atoms with Crippen LogP contribution >= 0.6 is 0 Å². The Morgan fingerprint density at radius 2 is 0.865 bits per heavy atom. The summed E-state index contributed by atoms with van der Waals surface area (Å²) < 4.78 is 6.31. The molecule has 0 aliphatic heterocycles. The predicted molar refractivity (Wildman–Crippen MR) is 150 cm³/mol. The topological polar surface area (TPSA) is 84.9 Å². The van der Waals surface area contributed by atoms with Crippen LogP contribution in [0.25, 0.3) is 22.6 Å². The first-order valence-corrected chi connectivity index (χ1v) is 12.2. The van der Waals surface area contributed by atoms with Crippen LogP contribution in [0.3, 0.4) is 0 Å². The molecule has 0 aliphatic rings. The Morgan fingerprint density at radius 3 is 1.30 bits per heavy atom. The summed E-state index contributed by atoms with van der Waals surface area (Å²) in [6, 6.07) is 39.5. The molecule has 0 saturated carbocycles. The van der Waals surface area contributed by atoms with Gasteiger partial charge in [0.15, 0.2) is 0 Å². The number of rotatable bonds is 8. The molecule has 37 heavy (non-hydrogen) atoms. The summed E-state index contributed by atoms with van der Waals surface area (Å²) in [5.74, 6) is 2.03. The van der Waals surface area contributed by atoms with E-state index in [0.717, 1.165) is 33.4 Å². The van der Waals surface area contributed by atoms with Gasteiger partial charge < -0.3 is 15.1 Å². The molecule has 0 radical (unpaired) electrons. The molecule has 182 valence electrons. The molecule has 5 rings (SSSR count). The Balaban J connectivity index is 1.36. The van der Waals surface area contributed by atoms with Gasteiger partial charge in [0.1, 0.15) is 23.2 Å². The van der Waals surface area contributed by atoms with Crippen molar-refractivity contribution in [3.63, 3.8) is 0 Å². The Morgan fingerprint density at radius 1 is 0.486 bits per heavy atom. The molecule has 0 aliphatic carbocycles. The lowest BCUT2D eigenvalue weighted by atomic mass is 10.0. The number of amidine groups is 2. The quantitative estimate of drug-likeness (QED) is 0.144. The van der Waals surface area contributed by atoms with Crippen molar-refractivity contribution < 1.29 is 4.42 Å². The Labute approximate surface area is 216 Å². The molecule has 0 spiro atoms. The van der Waals surface area contributed by atoms with E-state index in [0.29, 0.717) is 36.3 Å². The smallest absolute Gasteiger partial charge is 0.135 e. The second-order valence-corrected chi connectivity index (χ2v) is 8.68. The predicted octanol–water partition coefficient (Wildman–Crippen LogP) is 6.84. The SMILES string of the molecule is N=C(NCc1ccccc1)c1ccccc1-c1ccc(-c2ccccc2C(=N)NCc2ccccc2)o1. The molecular formula is C32H28N4O. The van der Waals surface area contributed by atoms with Crippen molar-refractivity contribution in [2.45, 2.75) is 13.1 Å². The highest BCUT2D eigenvalue weighted by Gasteiger charge is 2.16. The summed E-state index contributed by atoms with van der Waals surface area (Å²) in [7, 11) is 0. The molecule has 0 amide bonds. The highest BCUT2D eigenvalue weighted by atomic mass is 16.3. The van der Waals surface area contributed by atoms with Crippen LogP contribution in [0.5, 0.6) is 0 Å². The molecule has 0 atom stereocenters. The molecule has 0 fully saturated rings. The minimum atomic E-state index is 0.338.